The highest BCUT2D eigenvalue weighted by molar-refractivity contribution is 5.64. The SMILES string of the molecule is CCNc1cc(N(C)C2CCC2)cc([N+](=O)[O-])c1. The molecule has 18 heavy (non-hydrogen) atoms. The van der Waals surface area contributed by atoms with Crippen LogP contribution in [-0.2, 0) is 0 Å². The molecule has 1 aliphatic rings. The van der Waals surface area contributed by atoms with E-state index in [0.29, 0.717) is 6.04 Å². The molecule has 1 aromatic carbocycles. The lowest BCUT2D eigenvalue weighted by Gasteiger charge is -2.36. The minimum Gasteiger partial charge on any atom is -0.385 e. The summed E-state index contributed by atoms with van der Waals surface area (Å²) in [6, 6.07) is 5.75. The summed E-state index contributed by atoms with van der Waals surface area (Å²) in [5.74, 6) is 0. The summed E-state index contributed by atoms with van der Waals surface area (Å²) in [5.41, 5.74) is 1.88. The van der Waals surface area contributed by atoms with E-state index in [9.17, 15) is 10.1 Å². The van der Waals surface area contributed by atoms with E-state index in [-0.39, 0.29) is 10.6 Å². The molecule has 0 heterocycles. The van der Waals surface area contributed by atoms with Gasteiger partial charge in [0.15, 0.2) is 0 Å². The highest BCUT2D eigenvalue weighted by Gasteiger charge is 2.23. The molecule has 0 atom stereocenters. The van der Waals surface area contributed by atoms with Gasteiger partial charge in [-0.2, -0.15) is 0 Å². The van der Waals surface area contributed by atoms with Crippen LogP contribution in [0.15, 0.2) is 18.2 Å². The molecule has 0 spiro atoms. The quantitative estimate of drug-likeness (QED) is 0.643. The number of hydrogen-bond acceptors (Lipinski definition) is 4. The van der Waals surface area contributed by atoms with Gasteiger partial charge in [0.2, 0.25) is 0 Å². The molecule has 1 aliphatic carbocycles. The van der Waals surface area contributed by atoms with Crippen molar-refractivity contribution in [2.45, 2.75) is 32.2 Å². The monoisotopic (exact) mass is 249 g/mol. The Morgan fingerprint density at radius 2 is 2.17 bits per heavy atom. The molecular formula is C13H19N3O2. The zero-order valence-electron chi connectivity index (χ0n) is 10.8. The van der Waals surface area contributed by atoms with Crippen LogP contribution >= 0.6 is 0 Å². The summed E-state index contributed by atoms with van der Waals surface area (Å²) >= 11 is 0. The first-order valence-corrected chi connectivity index (χ1v) is 6.38. The fourth-order valence-electron chi connectivity index (χ4n) is 2.20. The first-order chi connectivity index (χ1) is 8.61. The molecule has 0 unspecified atom stereocenters. The van der Waals surface area contributed by atoms with Gasteiger partial charge in [-0.25, -0.2) is 0 Å². The van der Waals surface area contributed by atoms with Crippen molar-refractivity contribution in [3.63, 3.8) is 0 Å². The number of anilines is 2. The highest BCUT2D eigenvalue weighted by Crippen LogP contribution is 2.32. The lowest BCUT2D eigenvalue weighted by atomic mass is 9.91. The topological polar surface area (TPSA) is 58.4 Å². The van der Waals surface area contributed by atoms with Gasteiger partial charge in [0.1, 0.15) is 0 Å². The second-order valence-electron chi connectivity index (χ2n) is 4.72. The van der Waals surface area contributed by atoms with Gasteiger partial charge in [-0.1, -0.05) is 0 Å². The van der Waals surface area contributed by atoms with E-state index in [0.717, 1.165) is 17.9 Å². The average molecular weight is 249 g/mol. The summed E-state index contributed by atoms with van der Waals surface area (Å²) in [7, 11) is 2.01. The number of non-ortho nitro benzene ring substituents is 1. The molecule has 1 aromatic rings. The van der Waals surface area contributed by atoms with Gasteiger partial charge in [-0.3, -0.25) is 10.1 Å². The minimum atomic E-state index is -0.334. The van der Waals surface area contributed by atoms with Crippen molar-refractivity contribution in [1.29, 1.82) is 0 Å². The first kappa shape index (κ1) is 12.7. The second kappa shape index (κ2) is 5.25. The van der Waals surface area contributed by atoms with E-state index in [4.69, 9.17) is 0 Å². The lowest BCUT2D eigenvalue weighted by Crippen LogP contribution is -2.37. The Balaban J connectivity index is 2.29. The van der Waals surface area contributed by atoms with Crippen LogP contribution in [0, 0.1) is 10.1 Å². The van der Waals surface area contributed by atoms with E-state index >= 15 is 0 Å². The maximum absolute atomic E-state index is 10.9. The number of nitro benzene ring substituents is 1. The number of hydrogen-bond donors (Lipinski definition) is 1. The summed E-state index contributed by atoms with van der Waals surface area (Å²) in [4.78, 5) is 12.8. The maximum Gasteiger partial charge on any atom is 0.273 e. The molecular weight excluding hydrogens is 230 g/mol. The zero-order chi connectivity index (χ0) is 13.1. The fraction of sp³-hybridized carbons (Fsp3) is 0.538. The number of nitrogens with zero attached hydrogens (tertiary/aromatic N) is 2. The number of nitrogens with one attached hydrogen (secondary N) is 1. The number of nitro groups is 1. The van der Waals surface area contributed by atoms with Crippen LogP contribution in [0.4, 0.5) is 17.1 Å². The number of benzene rings is 1. The number of rotatable bonds is 5. The van der Waals surface area contributed by atoms with Gasteiger partial charge in [0, 0.05) is 43.1 Å². The lowest BCUT2D eigenvalue weighted by molar-refractivity contribution is -0.384. The molecule has 0 saturated heterocycles. The van der Waals surface area contributed by atoms with Crippen molar-refractivity contribution in [3.05, 3.63) is 28.3 Å². The van der Waals surface area contributed by atoms with Crippen molar-refractivity contribution in [2.75, 3.05) is 23.8 Å². The van der Waals surface area contributed by atoms with E-state index in [1.54, 1.807) is 12.1 Å². The average Bonchev–Trinajstić information content (AvgIpc) is 2.26. The van der Waals surface area contributed by atoms with Crippen LogP contribution in [0.3, 0.4) is 0 Å². The molecule has 0 bridgehead atoms. The minimum absolute atomic E-state index is 0.148. The smallest absolute Gasteiger partial charge is 0.273 e. The third-order valence-corrected chi connectivity index (χ3v) is 3.52. The van der Waals surface area contributed by atoms with E-state index in [1.165, 1.54) is 19.3 Å². The molecule has 0 amide bonds. The molecule has 0 aromatic heterocycles. The van der Waals surface area contributed by atoms with Crippen LogP contribution < -0.4 is 10.2 Å². The van der Waals surface area contributed by atoms with Gasteiger partial charge >= 0.3 is 0 Å². The van der Waals surface area contributed by atoms with Crippen molar-refractivity contribution in [3.8, 4) is 0 Å². The van der Waals surface area contributed by atoms with Crippen LogP contribution in [0.1, 0.15) is 26.2 Å². The maximum atomic E-state index is 10.9. The highest BCUT2D eigenvalue weighted by atomic mass is 16.6. The summed E-state index contributed by atoms with van der Waals surface area (Å²) in [6.07, 6.45) is 3.61. The first-order valence-electron chi connectivity index (χ1n) is 6.38. The third-order valence-electron chi connectivity index (χ3n) is 3.52. The Morgan fingerprint density at radius 3 is 2.67 bits per heavy atom. The van der Waals surface area contributed by atoms with Crippen LogP contribution in [0.25, 0.3) is 0 Å². The summed E-state index contributed by atoms with van der Waals surface area (Å²) < 4.78 is 0. The Bertz CT molecular complexity index is 444. The summed E-state index contributed by atoms with van der Waals surface area (Å²) in [5, 5.41) is 14.1. The second-order valence-corrected chi connectivity index (χ2v) is 4.72. The molecule has 98 valence electrons. The van der Waals surface area contributed by atoms with Crippen LogP contribution in [0.5, 0.6) is 0 Å². The molecule has 1 N–H and O–H groups in total. The van der Waals surface area contributed by atoms with Gasteiger partial charge in [0.25, 0.3) is 5.69 Å². The molecule has 0 aliphatic heterocycles. The van der Waals surface area contributed by atoms with Crippen LogP contribution in [0.2, 0.25) is 0 Å². The standard InChI is InChI=1S/C13H19N3O2/c1-3-14-10-7-12(9-13(8-10)16(17)18)15(2)11-5-4-6-11/h7-9,11,14H,3-6H2,1-2H3. The predicted octanol–water partition coefficient (Wildman–Crippen LogP) is 3.02. The van der Waals surface area contributed by atoms with Gasteiger partial charge < -0.3 is 10.2 Å². The van der Waals surface area contributed by atoms with E-state index < -0.39 is 0 Å². The van der Waals surface area contributed by atoms with Gasteiger partial charge in [-0.05, 0) is 32.3 Å². The Kier molecular flexibility index (Phi) is 3.69. The van der Waals surface area contributed by atoms with E-state index in [1.807, 2.05) is 20.0 Å². The molecule has 1 fully saturated rings. The molecule has 5 heteroatoms. The van der Waals surface area contributed by atoms with E-state index in [2.05, 4.69) is 10.2 Å². The van der Waals surface area contributed by atoms with Crippen molar-refractivity contribution >= 4 is 17.1 Å². The largest absolute Gasteiger partial charge is 0.385 e. The molecule has 2 rings (SSSR count). The van der Waals surface area contributed by atoms with Gasteiger partial charge in [-0.15, -0.1) is 0 Å². The Morgan fingerprint density at radius 1 is 1.44 bits per heavy atom. The van der Waals surface area contributed by atoms with Crippen molar-refractivity contribution < 1.29 is 4.92 Å². The Labute approximate surface area is 107 Å². The summed E-state index contributed by atoms with van der Waals surface area (Å²) in [6.45, 7) is 2.74. The Hall–Kier alpha value is -1.78. The van der Waals surface area contributed by atoms with Crippen molar-refractivity contribution in [2.24, 2.45) is 0 Å². The molecule has 5 nitrogen and oxygen atoms in total. The van der Waals surface area contributed by atoms with Gasteiger partial charge in [0.05, 0.1) is 4.92 Å². The fourth-order valence-corrected chi connectivity index (χ4v) is 2.20. The normalized spacial score (nSPS) is 15.0. The molecule has 1 saturated carbocycles. The predicted molar refractivity (Wildman–Crippen MR) is 73.3 cm³/mol. The molecule has 0 radical (unpaired) electrons. The van der Waals surface area contributed by atoms with Crippen LogP contribution in [-0.4, -0.2) is 24.6 Å². The zero-order valence-corrected chi connectivity index (χ0v) is 10.8. The third kappa shape index (κ3) is 2.55. The van der Waals surface area contributed by atoms with Crippen molar-refractivity contribution in [1.82, 2.24) is 0 Å².